The van der Waals surface area contributed by atoms with Crippen LogP contribution in [0.5, 0.6) is 0 Å². The Morgan fingerprint density at radius 1 is 1.58 bits per heavy atom. The summed E-state index contributed by atoms with van der Waals surface area (Å²) in [4.78, 5) is 10.3. The SMILES string of the molecule is CC(=O)OCCCCNC(=N)N. The lowest BCUT2D eigenvalue weighted by molar-refractivity contribution is -0.141. The third kappa shape index (κ3) is 8.74. The normalized spacial score (nSPS) is 9.08. The van der Waals surface area contributed by atoms with Gasteiger partial charge in [0.25, 0.3) is 0 Å². The summed E-state index contributed by atoms with van der Waals surface area (Å²) in [6.45, 7) is 2.47. The molecule has 0 heterocycles. The lowest BCUT2D eigenvalue weighted by Gasteiger charge is -2.03. The van der Waals surface area contributed by atoms with Gasteiger partial charge in [0.2, 0.25) is 0 Å². The quantitative estimate of drug-likeness (QED) is 0.233. The molecule has 70 valence electrons. The maximum Gasteiger partial charge on any atom is 0.302 e. The molecule has 0 amide bonds. The molecular formula is C7H15N3O2. The van der Waals surface area contributed by atoms with Crippen LogP contribution in [0.25, 0.3) is 0 Å². The van der Waals surface area contributed by atoms with Gasteiger partial charge in [0.05, 0.1) is 6.61 Å². The molecule has 0 fully saturated rings. The van der Waals surface area contributed by atoms with Crippen molar-refractivity contribution in [3.05, 3.63) is 0 Å². The van der Waals surface area contributed by atoms with Gasteiger partial charge in [-0.2, -0.15) is 0 Å². The topological polar surface area (TPSA) is 88.2 Å². The van der Waals surface area contributed by atoms with E-state index in [9.17, 15) is 4.79 Å². The summed E-state index contributed by atoms with van der Waals surface area (Å²) in [5.74, 6) is -0.281. The van der Waals surface area contributed by atoms with E-state index in [1.165, 1.54) is 6.92 Å². The van der Waals surface area contributed by atoms with Gasteiger partial charge in [-0.1, -0.05) is 0 Å². The molecule has 12 heavy (non-hydrogen) atoms. The summed E-state index contributed by atoms with van der Waals surface area (Å²) in [6.07, 6.45) is 1.63. The molecule has 5 heteroatoms. The Balaban J connectivity index is 3.01. The van der Waals surface area contributed by atoms with Crippen molar-refractivity contribution in [2.45, 2.75) is 19.8 Å². The number of nitrogens with two attached hydrogens (primary N) is 1. The Morgan fingerprint density at radius 3 is 2.75 bits per heavy atom. The molecule has 0 saturated carbocycles. The molecule has 0 spiro atoms. The van der Waals surface area contributed by atoms with Crippen molar-refractivity contribution in [3.8, 4) is 0 Å². The van der Waals surface area contributed by atoms with Crippen molar-refractivity contribution < 1.29 is 9.53 Å². The van der Waals surface area contributed by atoms with Crippen LogP contribution in [0.1, 0.15) is 19.8 Å². The first-order chi connectivity index (χ1) is 5.63. The number of rotatable bonds is 5. The van der Waals surface area contributed by atoms with Crippen LogP contribution in [0.3, 0.4) is 0 Å². The summed E-state index contributed by atoms with van der Waals surface area (Å²) in [5, 5.41) is 9.48. The van der Waals surface area contributed by atoms with Crippen LogP contribution in [0.2, 0.25) is 0 Å². The van der Waals surface area contributed by atoms with Gasteiger partial charge in [0.15, 0.2) is 5.96 Å². The predicted octanol–water partition coefficient (Wildman–Crippen LogP) is -0.187. The number of guanidine groups is 1. The molecular weight excluding hydrogens is 158 g/mol. The van der Waals surface area contributed by atoms with Gasteiger partial charge in [0, 0.05) is 13.5 Å². The lowest BCUT2D eigenvalue weighted by atomic mass is 10.3. The van der Waals surface area contributed by atoms with Crippen LogP contribution < -0.4 is 11.1 Å². The van der Waals surface area contributed by atoms with Crippen molar-refractivity contribution >= 4 is 11.9 Å². The Bertz CT molecular complexity index is 141. The first-order valence-corrected chi connectivity index (χ1v) is 3.84. The molecule has 0 atom stereocenters. The Kier molecular flexibility index (Phi) is 5.77. The Hall–Kier alpha value is -1.26. The van der Waals surface area contributed by atoms with Gasteiger partial charge in [-0.3, -0.25) is 10.2 Å². The molecule has 0 aliphatic carbocycles. The number of unbranched alkanes of at least 4 members (excludes halogenated alkanes) is 1. The standard InChI is InChI=1S/C7H15N3O2/c1-6(11)12-5-3-2-4-10-7(8)9/h2-5H2,1H3,(H4,8,9,10). The summed E-state index contributed by atoms with van der Waals surface area (Å²) >= 11 is 0. The number of nitrogens with one attached hydrogen (secondary N) is 2. The summed E-state index contributed by atoms with van der Waals surface area (Å²) < 4.78 is 4.70. The molecule has 0 radical (unpaired) electrons. The largest absolute Gasteiger partial charge is 0.466 e. The molecule has 0 rings (SSSR count). The van der Waals surface area contributed by atoms with E-state index in [0.717, 1.165) is 12.8 Å². The summed E-state index contributed by atoms with van der Waals surface area (Å²) in [6, 6.07) is 0. The lowest BCUT2D eigenvalue weighted by Crippen LogP contribution is -2.31. The summed E-state index contributed by atoms with van der Waals surface area (Å²) in [7, 11) is 0. The molecule has 0 aliphatic heterocycles. The minimum atomic E-state index is -0.255. The number of ether oxygens (including phenoxy) is 1. The minimum Gasteiger partial charge on any atom is -0.466 e. The van der Waals surface area contributed by atoms with Gasteiger partial charge in [0.1, 0.15) is 0 Å². The van der Waals surface area contributed by atoms with Crippen LogP contribution in [0.4, 0.5) is 0 Å². The van der Waals surface area contributed by atoms with E-state index in [4.69, 9.17) is 15.9 Å². The fourth-order valence-corrected chi connectivity index (χ4v) is 0.666. The molecule has 0 aromatic heterocycles. The highest BCUT2D eigenvalue weighted by Gasteiger charge is 1.92. The van der Waals surface area contributed by atoms with E-state index < -0.39 is 0 Å². The molecule has 0 bridgehead atoms. The maximum atomic E-state index is 10.3. The van der Waals surface area contributed by atoms with Crippen molar-refractivity contribution in [3.63, 3.8) is 0 Å². The van der Waals surface area contributed by atoms with Crippen molar-refractivity contribution in [1.29, 1.82) is 5.41 Å². The number of hydrogen-bond donors (Lipinski definition) is 3. The van der Waals surface area contributed by atoms with Gasteiger partial charge in [-0.05, 0) is 12.8 Å². The second-order valence-corrected chi connectivity index (χ2v) is 2.39. The monoisotopic (exact) mass is 173 g/mol. The predicted molar refractivity (Wildman–Crippen MR) is 45.8 cm³/mol. The number of hydrogen-bond acceptors (Lipinski definition) is 3. The molecule has 0 saturated heterocycles. The van der Waals surface area contributed by atoms with Gasteiger partial charge in [-0.15, -0.1) is 0 Å². The average Bonchev–Trinajstić information content (AvgIpc) is 1.95. The number of carbonyl (C=O) groups is 1. The van der Waals surface area contributed by atoms with E-state index in [0.29, 0.717) is 13.2 Å². The Labute approximate surface area is 71.8 Å². The van der Waals surface area contributed by atoms with Crippen molar-refractivity contribution in [2.75, 3.05) is 13.2 Å². The zero-order valence-corrected chi connectivity index (χ0v) is 7.22. The van der Waals surface area contributed by atoms with Crippen LogP contribution in [-0.2, 0) is 9.53 Å². The van der Waals surface area contributed by atoms with Crippen LogP contribution >= 0.6 is 0 Å². The van der Waals surface area contributed by atoms with E-state index in [1.54, 1.807) is 0 Å². The first kappa shape index (κ1) is 10.7. The zero-order valence-electron chi connectivity index (χ0n) is 7.22. The molecule has 0 aliphatic rings. The highest BCUT2D eigenvalue weighted by molar-refractivity contribution is 5.74. The van der Waals surface area contributed by atoms with Crippen LogP contribution in [0.15, 0.2) is 0 Å². The number of carbonyl (C=O) groups excluding carboxylic acids is 1. The zero-order chi connectivity index (χ0) is 9.40. The third-order valence-electron chi connectivity index (χ3n) is 1.19. The fraction of sp³-hybridized carbons (Fsp3) is 0.714. The highest BCUT2D eigenvalue weighted by atomic mass is 16.5. The van der Waals surface area contributed by atoms with Gasteiger partial charge >= 0.3 is 5.97 Å². The average molecular weight is 173 g/mol. The molecule has 5 nitrogen and oxygen atoms in total. The minimum absolute atomic E-state index is 0.0255. The van der Waals surface area contributed by atoms with Crippen LogP contribution in [0, 0.1) is 5.41 Å². The molecule has 0 unspecified atom stereocenters. The van der Waals surface area contributed by atoms with E-state index >= 15 is 0 Å². The smallest absolute Gasteiger partial charge is 0.302 e. The summed E-state index contributed by atoms with van der Waals surface area (Å²) in [5.41, 5.74) is 5.04. The molecule has 0 aromatic carbocycles. The van der Waals surface area contributed by atoms with E-state index in [-0.39, 0.29) is 11.9 Å². The number of esters is 1. The fourth-order valence-electron chi connectivity index (χ4n) is 0.666. The van der Waals surface area contributed by atoms with E-state index in [2.05, 4.69) is 5.32 Å². The van der Waals surface area contributed by atoms with Gasteiger partial charge in [-0.25, -0.2) is 0 Å². The highest BCUT2D eigenvalue weighted by Crippen LogP contribution is 1.88. The van der Waals surface area contributed by atoms with Crippen molar-refractivity contribution in [1.82, 2.24) is 5.32 Å². The van der Waals surface area contributed by atoms with Crippen molar-refractivity contribution in [2.24, 2.45) is 5.73 Å². The second kappa shape index (κ2) is 6.45. The second-order valence-electron chi connectivity index (χ2n) is 2.39. The van der Waals surface area contributed by atoms with Gasteiger partial charge < -0.3 is 15.8 Å². The van der Waals surface area contributed by atoms with Crippen LogP contribution in [-0.4, -0.2) is 25.1 Å². The first-order valence-electron chi connectivity index (χ1n) is 3.84. The third-order valence-corrected chi connectivity index (χ3v) is 1.19. The van der Waals surface area contributed by atoms with E-state index in [1.807, 2.05) is 0 Å². The Morgan fingerprint density at radius 2 is 2.25 bits per heavy atom. The molecule has 0 aromatic rings. The maximum absolute atomic E-state index is 10.3. The molecule has 4 N–H and O–H groups in total.